The zero-order valence-electron chi connectivity index (χ0n) is 9.92. The molecule has 1 N–H and O–H groups in total. The molecule has 0 unspecified atom stereocenters. The Morgan fingerprint density at radius 1 is 1.13 bits per heavy atom. The van der Waals surface area contributed by atoms with Crippen LogP contribution in [-0.2, 0) is 11.3 Å². The van der Waals surface area contributed by atoms with Gasteiger partial charge in [0.1, 0.15) is 0 Å². The van der Waals surface area contributed by atoms with Crippen molar-refractivity contribution in [3.63, 3.8) is 0 Å². The van der Waals surface area contributed by atoms with Gasteiger partial charge >= 0.3 is 0 Å². The van der Waals surface area contributed by atoms with Gasteiger partial charge in [0.05, 0.1) is 12.2 Å². The summed E-state index contributed by atoms with van der Waals surface area (Å²) in [5, 5.41) is 3.35. The third-order valence-electron chi connectivity index (χ3n) is 1.99. The molecule has 0 fully saturated rings. The molecule has 0 heterocycles. The molecule has 84 valence electrons. The van der Waals surface area contributed by atoms with Crippen molar-refractivity contribution in [2.24, 2.45) is 0 Å². The highest BCUT2D eigenvalue weighted by atomic mass is 16.5. The molecule has 0 spiro atoms. The van der Waals surface area contributed by atoms with Crippen LogP contribution in [0.15, 0.2) is 30.3 Å². The Morgan fingerprint density at radius 2 is 1.80 bits per heavy atom. The highest BCUT2D eigenvalue weighted by Gasteiger charge is 2.08. The summed E-state index contributed by atoms with van der Waals surface area (Å²) in [6.45, 7) is 8.79. The van der Waals surface area contributed by atoms with Gasteiger partial charge in [-0.15, -0.1) is 0 Å². The van der Waals surface area contributed by atoms with E-state index < -0.39 is 0 Å². The maximum absolute atomic E-state index is 5.60. The van der Waals surface area contributed by atoms with Crippen LogP contribution in [0.2, 0.25) is 0 Å². The molecule has 0 saturated carbocycles. The van der Waals surface area contributed by atoms with Gasteiger partial charge in [0.25, 0.3) is 0 Å². The number of nitrogens with one attached hydrogen (secondary N) is 1. The van der Waals surface area contributed by atoms with Crippen molar-refractivity contribution in [1.29, 1.82) is 0 Å². The van der Waals surface area contributed by atoms with Gasteiger partial charge in [0, 0.05) is 13.1 Å². The molecule has 0 aliphatic rings. The zero-order valence-corrected chi connectivity index (χ0v) is 9.92. The van der Waals surface area contributed by atoms with Crippen LogP contribution in [-0.4, -0.2) is 18.8 Å². The largest absolute Gasteiger partial charge is 0.375 e. The molecule has 0 radical (unpaired) electrons. The molecule has 2 heteroatoms. The van der Waals surface area contributed by atoms with Crippen LogP contribution in [0.4, 0.5) is 0 Å². The van der Waals surface area contributed by atoms with Crippen LogP contribution in [0, 0.1) is 0 Å². The summed E-state index contributed by atoms with van der Waals surface area (Å²) in [5.74, 6) is 0. The fraction of sp³-hybridized carbons (Fsp3) is 0.538. The van der Waals surface area contributed by atoms with E-state index in [0.29, 0.717) is 0 Å². The third-order valence-corrected chi connectivity index (χ3v) is 1.99. The summed E-state index contributed by atoms with van der Waals surface area (Å²) in [5.41, 5.74) is 1.28. The normalized spacial score (nSPS) is 11.7. The Bertz CT molecular complexity index is 264. The summed E-state index contributed by atoms with van der Waals surface area (Å²) in [6.07, 6.45) is 0. The van der Waals surface area contributed by atoms with Crippen molar-refractivity contribution in [1.82, 2.24) is 5.32 Å². The van der Waals surface area contributed by atoms with Crippen molar-refractivity contribution in [3.8, 4) is 0 Å². The molecule has 0 aromatic heterocycles. The van der Waals surface area contributed by atoms with Gasteiger partial charge < -0.3 is 10.1 Å². The monoisotopic (exact) mass is 207 g/mol. The van der Waals surface area contributed by atoms with Gasteiger partial charge in [-0.05, 0) is 26.3 Å². The summed E-state index contributed by atoms with van der Waals surface area (Å²) < 4.78 is 5.60. The van der Waals surface area contributed by atoms with E-state index in [-0.39, 0.29) is 5.60 Å². The lowest BCUT2D eigenvalue weighted by molar-refractivity contribution is -0.000884. The van der Waals surface area contributed by atoms with E-state index in [1.54, 1.807) is 0 Å². The highest BCUT2D eigenvalue weighted by molar-refractivity contribution is 5.14. The van der Waals surface area contributed by atoms with Crippen molar-refractivity contribution in [2.75, 3.05) is 13.2 Å². The first-order valence-corrected chi connectivity index (χ1v) is 5.46. The summed E-state index contributed by atoms with van der Waals surface area (Å²) in [6, 6.07) is 10.4. The molecular weight excluding hydrogens is 186 g/mol. The van der Waals surface area contributed by atoms with E-state index in [2.05, 4.69) is 50.4 Å². The van der Waals surface area contributed by atoms with Crippen LogP contribution in [0.3, 0.4) is 0 Å². The number of rotatable bonds is 5. The molecule has 0 bridgehead atoms. The van der Waals surface area contributed by atoms with E-state index in [9.17, 15) is 0 Å². The number of ether oxygens (including phenoxy) is 1. The first kappa shape index (κ1) is 12.2. The van der Waals surface area contributed by atoms with E-state index in [1.165, 1.54) is 5.56 Å². The van der Waals surface area contributed by atoms with Crippen LogP contribution in [0.1, 0.15) is 26.3 Å². The van der Waals surface area contributed by atoms with Crippen LogP contribution >= 0.6 is 0 Å². The van der Waals surface area contributed by atoms with E-state index in [1.807, 2.05) is 6.07 Å². The average Bonchev–Trinajstić information content (AvgIpc) is 2.17. The fourth-order valence-electron chi connectivity index (χ4n) is 1.26. The minimum Gasteiger partial charge on any atom is -0.375 e. The van der Waals surface area contributed by atoms with E-state index >= 15 is 0 Å². The maximum atomic E-state index is 5.60. The number of hydrogen-bond donors (Lipinski definition) is 1. The van der Waals surface area contributed by atoms with Gasteiger partial charge in [-0.25, -0.2) is 0 Å². The molecule has 0 aliphatic heterocycles. The highest BCUT2D eigenvalue weighted by Crippen LogP contribution is 2.05. The summed E-state index contributed by atoms with van der Waals surface area (Å²) >= 11 is 0. The van der Waals surface area contributed by atoms with Gasteiger partial charge in [-0.3, -0.25) is 0 Å². The van der Waals surface area contributed by atoms with Gasteiger partial charge in [0.2, 0.25) is 0 Å². The summed E-state index contributed by atoms with van der Waals surface area (Å²) in [7, 11) is 0. The smallest absolute Gasteiger partial charge is 0.0599 e. The Balaban J connectivity index is 2.08. The second-order valence-corrected chi connectivity index (χ2v) is 4.62. The maximum Gasteiger partial charge on any atom is 0.0599 e. The van der Waals surface area contributed by atoms with Crippen molar-refractivity contribution < 1.29 is 4.74 Å². The average molecular weight is 207 g/mol. The minimum atomic E-state index is -0.0333. The van der Waals surface area contributed by atoms with Crippen molar-refractivity contribution in [2.45, 2.75) is 32.9 Å². The number of benzene rings is 1. The molecule has 1 rings (SSSR count). The van der Waals surface area contributed by atoms with Crippen molar-refractivity contribution in [3.05, 3.63) is 35.9 Å². The second kappa shape index (κ2) is 5.89. The lowest BCUT2D eigenvalue weighted by Crippen LogP contribution is -2.26. The molecule has 1 aromatic rings. The van der Waals surface area contributed by atoms with Gasteiger partial charge in [-0.2, -0.15) is 0 Å². The number of hydrogen-bond acceptors (Lipinski definition) is 2. The Hall–Kier alpha value is -0.860. The topological polar surface area (TPSA) is 21.3 Å². The molecule has 1 aromatic carbocycles. The zero-order chi connectivity index (χ0) is 11.1. The molecule has 0 saturated heterocycles. The molecular formula is C13H21NO. The minimum absolute atomic E-state index is 0.0333. The molecule has 15 heavy (non-hydrogen) atoms. The molecule has 0 aliphatic carbocycles. The third kappa shape index (κ3) is 6.26. The van der Waals surface area contributed by atoms with Crippen LogP contribution in [0.25, 0.3) is 0 Å². The van der Waals surface area contributed by atoms with Crippen LogP contribution in [0.5, 0.6) is 0 Å². The van der Waals surface area contributed by atoms with Crippen molar-refractivity contribution >= 4 is 0 Å². The predicted molar refractivity (Wildman–Crippen MR) is 63.9 cm³/mol. The molecule has 0 amide bonds. The SMILES string of the molecule is CC(C)(C)OCCNCc1ccccc1. The second-order valence-electron chi connectivity index (χ2n) is 4.62. The van der Waals surface area contributed by atoms with Gasteiger partial charge in [-0.1, -0.05) is 30.3 Å². The fourth-order valence-corrected chi connectivity index (χ4v) is 1.26. The summed E-state index contributed by atoms with van der Waals surface area (Å²) in [4.78, 5) is 0. The standard InChI is InChI=1S/C13H21NO/c1-13(2,3)15-10-9-14-11-12-7-5-4-6-8-12/h4-8,14H,9-11H2,1-3H3. The lowest BCUT2D eigenvalue weighted by atomic mass is 10.2. The first-order chi connectivity index (χ1) is 7.08. The Morgan fingerprint density at radius 3 is 2.40 bits per heavy atom. The lowest BCUT2D eigenvalue weighted by Gasteiger charge is -2.19. The molecule has 2 nitrogen and oxygen atoms in total. The van der Waals surface area contributed by atoms with E-state index in [0.717, 1.165) is 19.7 Å². The van der Waals surface area contributed by atoms with E-state index in [4.69, 9.17) is 4.74 Å². The van der Waals surface area contributed by atoms with Gasteiger partial charge in [0.15, 0.2) is 0 Å². The molecule has 0 atom stereocenters. The quantitative estimate of drug-likeness (QED) is 0.749. The first-order valence-electron chi connectivity index (χ1n) is 5.46. The Kier molecular flexibility index (Phi) is 4.79. The Labute approximate surface area is 92.6 Å². The predicted octanol–water partition coefficient (Wildman–Crippen LogP) is 2.59. The van der Waals surface area contributed by atoms with Crippen LogP contribution < -0.4 is 5.32 Å².